The van der Waals surface area contributed by atoms with Gasteiger partial charge < -0.3 is 5.11 Å². The fraction of sp³-hybridized carbons (Fsp3) is 1.00. The second kappa shape index (κ2) is 8.13. The molecular formula is C16H32O. The number of rotatable bonds is 8. The largest absolute Gasteiger partial charge is 0.390 e. The Kier molecular flexibility index (Phi) is 7.18. The Balaban J connectivity index is 2.06. The van der Waals surface area contributed by atoms with Crippen LogP contribution in [0.25, 0.3) is 0 Å². The summed E-state index contributed by atoms with van der Waals surface area (Å²) < 4.78 is 0. The molecule has 1 fully saturated rings. The first-order valence-corrected chi connectivity index (χ1v) is 7.92. The fourth-order valence-corrected chi connectivity index (χ4v) is 3.11. The van der Waals surface area contributed by atoms with E-state index in [1.807, 2.05) is 0 Å². The van der Waals surface area contributed by atoms with Crippen LogP contribution in [0.4, 0.5) is 0 Å². The fourth-order valence-electron chi connectivity index (χ4n) is 3.11. The first-order valence-electron chi connectivity index (χ1n) is 7.92. The number of aliphatic hydroxyl groups is 1. The zero-order valence-corrected chi connectivity index (χ0v) is 12.0. The molecule has 1 rings (SSSR count). The number of unbranched alkanes of at least 4 members (excludes halogenated alkanes) is 5. The quantitative estimate of drug-likeness (QED) is 0.587. The molecule has 17 heavy (non-hydrogen) atoms. The molecule has 0 heterocycles. The molecule has 102 valence electrons. The van der Waals surface area contributed by atoms with Crippen molar-refractivity contribution in [1.82, 2.24) is 0 Å². The third-order valence-corrected chi connectivity index (χ3v) is 4.61. The summed E-state index contributed by atoms with van der Waals surface area (Å²) in [5.74, 6) is 0.889. The average molecular weight is 240 g/mol. The highest BCUT2D eigenvalue weighted by Crippen LogP contribution is 2.36. The highest BCUT2D eigenvalue weighted by Gasteiger charge is 2.31. The normalized spacial score (nSPS) is 29.5. The van der Waals surface area contributed by atoms with E-state index < -0.39 is 0 Å². The molecule has 0 bridgehead atoms. The van der Waals surface area contributed by atoms with Gasteiger partial charge in [0.2, 0.25) is 0 Å². The standard InChI is InChI=1S/C16H32O/c1-3-5-6-7-8-9-12-16(17)13-10-15(4-2)11-14-16/h15,17H,3-14H2,1-2H3. The molecule has 1 saturated carbocycles. The summed E-state index contributed by atoms with van der Waals surface area (Å²) in [4.78, 5) is 0. The average Bonchev–Trinajstić information content (AvgIpc) is 2.35. The van der Waals surface area contributed by atoms with Gasteiger partial charge in [0.1, 0.15) is 0 Å². The summed E-state index contributed by atoms with van der Waals surface area (Å²) in [7, 11) is 0. The smallest absolute Gasteiger partial charge is 0.0648 e. The van der Waals surface area contributed by atoms with Gasteiger partial charge in [0, 0.05) is 0 Å². The van der Waals surface area contributed by atoms with Gasteiger partial charge in [0.25, 0.3) is 0 Å². The van der Waals surface area contributed by atoms with Gasteiger partial charge >= 0.3 is 0 Å². The van der Waals surface area contributed by atoms with Crippen LogP contribution in [0.1, 0.15) is 90.9 Å². The topological polar surface area (TPSA) is 20.2 Å². The van der Waals surface area contributed by atoms with Crippen LogP contribution in [0.2, 0.25) is 0 Å². The van der Waals surface area contributed by atoms with Crippen LogP contribution in [0.3, 0.4) is 0 Å². The van der Waals surface area contributed by atoms with Crippen molar-refractivity contribution in [3.8, 4) is 0 Å². The Morgan fingerprint density at radius 2 is 1.53 bits per heavy atom. The maximum Gasteiger partial charge on any atom is 0.0648 e. The van der Waals surface area contributed by atoms with E-state index >= 15 is 0 Å². The van der Waals surface area contributed by atoms with Crippen molar-refractivity contribution in [3.63, 3.8) is 0 Å². The first-order chi connectivity index (χ1) is 8.20. The van der Waals surface area contributed by atoms with E-state index in [-0.39, 0.29) is 5.60 Å². The maximum absolute atomic E-state index is 10.5. The van der Waals surface area contributed by atoms with Gasteiger partial charge in [-0.05, 0) is 38.0 Å². The lowest BCUT2D eigenvalue weighted by molar-refractivity contribution is -0.0188. The van der Waals surface area contributed by atoms with Gasteiger partial charge in [-0.15, -0.1) is 0 Å². The van der Waals surface area contributed by atoms with Crippen molar-refractivity contribution in [2.24, 2.45) is 5.92 Å². The zero-order chi connectivity index (χ0) is 12.6. The lowest BCUT2D eigenvalue weighted by Gasteiger charge is -2.36. The van der Waals surface area contributed by atoms with Gasteiger partial charge in [-0.2, -0.15) is 0 Å². The molecule has 0 amide bonds. The second-order valence-electron chi connectivity index (χ2n) is 6.09. The highest BCUT2D eigenvalue weighted by atomic mass is 16.3. The summed E-state index contributed by atoms with van der Waals surface area (Å²) in [5, 5.41) is 10.5. The maximum atomic E-state index is 10.5. The third kappa shape index (κ3) is 5.90. The molecule has 0 aromatic carbocycles. The van der Waals surface area contributed by atoms with Crippen molar-refractivity contribution in [3.05, 3.63) is 0 Å². The third-order valence-electron chi connectivity index (χ3n) is 4.61. The molecule has 1 nitrogen and oxygen atoms in total. The summed E-state index contributed by atoms with van der Waals surface area (Å²) in [6.07, 6.45) is 15.0. The van der Waals surface area contributed by atoms with Crippen molar-refractivity contribution >= 4 is 0 Å². The van der Waals surface area contributed by atoms with Gasteiger partial charge in [-0.1, -0.05) is 58.8 Å². The van der Waals surface area contributed by atoms with Crippen LogP contribution in [0.15, 0.2) is 0 Å². The molecular weight excluding hydrogens is 208 g/mol. The molecule has 0 aliphatic heterocycles. The van der Waals surface area contributed by atoms with E-state index in [1.165, 1.54) is 57.8 Å². The molecule has 0 saturated heterocycles. The predicted molar refractivity (Wildman–Crippen MR) is 75.2 cm³/mol. The van der Waals surface area contributed by atoms with E-state index in [0.717, 1.165) is 25.2 Å². The van der Waals surface area contributed by atoms with Crippen molar-refractivity contribution in [2.45, 2.75) is 96.5 Å². The molecule has 0 spiro atoms. The van der Waals surface area contributed by atoms with Gasteiger partial charge in [-0.25, -0.2) is 0 Å². The highest BCUT2D eigenvalue weighted by molar-refractivity contribution is 4.84. The zero-order valence-electron chi connectivity index (χ0n) is 12.0. The van der Waals surface area contributed by atoms with E-state index in [0.29, 0.717) is 0 Å². The SMILES string of the molecule is CCCCCCCCC1(O)CCC(CC)CC1. The van der Waals surface area contributed by atoms with E-state index in [2.05, 4.69) is 13.8 Å². The van der Waals surface area contributed by atoms with Crippen LogP contribution < -0.4 is 0 Å². The monoisotopic (exact) mass is 240 g/mol. The number of hydrogen-bond donors (Lipinski definition) is 1. The summed E-state index contributed by atoms with van der Waals surface area (Å²) in [5.41, 5.74) is -0.295. The molecule has 1 N–H and O–H groups in total. The lowest BCUT2D eigenvalue weighted by Crippen LogP contribution is -2.33. The van der Waals surface area contributed by atoms with Gasteiger partial charge in [0.15, 0.2) is 0 Å². The molecule has 1 heteroatoms. The summed E-state index contributed by atoms with van der Waals surface area (Å²) in [6.45, 7) is 4.54. The molecule has 0 aromatic heterocycles. The molecule has 0 unspecified atom stereocenters. The van der Waals surface area contributed by atoms with Crippen LogP contribution in [-0.2, 0) is 0 Å². The summed E-state index contributed by atoms with van der Waals surface area (Å²) >= 11 is 0. The minimum absolute atomic E-state index is 0.295. The van der Waals surface area contributed by atoms with Gasteiger partial charge in [-0.3, -0.25) is 0 Å². The second-order valence-corrected chi connectivity index (χ2v) is 6.09. The summed E-state index contributed by atoms with van der Waals surface area (Å²) in [6, 6.07) is 0. The molecule has 0 atom stereocenters. The molecule has 1 aliphatic rings. The lowest BCUT2D eigenvalue weighted by atomic mass is 9.75. The Labute approximate surface area is 108 Å². The first kappa shape index (κ1) is 15.0. The van der Waals surface area contributed by atoms with E-state index in [9.17, 15) is 5.11 Å². The Morgan fingerprint density at radius 3 is 2.12 bits per heavy atom. The number of hydrogen-bond acceptors (Lipinski definition) is 1. The Hall–Kier alpha value is -0.0400. The van der Waals surface area contributed by atoms with Crippen molar-refractivity contribution in [2.75, 3.05) is 0 Å². The molecule has 0 aromatic rings. The van der Waals surface area contributed by atoms with Gasteiger partial charge in [0.05, 0.1) is 5.60 Å². The predicted octanol–water partition coefficient (Wildman–Crippen LogP) is 5.07. The minimum atomic E-state index is -0.295. The van der Waals surface area contributed by atoms with E-state index in [1.54, 1.807) is 0 Å². The van der Waals surface area contributed by atoms with Crippen molar-refractivity contribution in [1.29, 1.82) is 0 Å². The minimum Gasteiger partial charge on any atom is -0.390 e. The van der Waals surface area contributed by atoms with Crippen LogP contribution >= 0.6 is 0 Å². The molecule has 1 aliphatic carbocycles. The van der Waals surface area contributed by atoms with Crippen molar-refractivity contribution < 1.29 is 5.11 Å². The van der Waals surface area contributed by atoms with Crippen LogP contribution in [-0.4, -0.2) is 10.7 Å². The van der Waals surface area contributed by atoms with E-state index in [4.69, 9.17) is 0 Å². The van der Waals surface area contributed by atoms with Crippen LogP contribution in [0, 0.1) is 5.92 Å². The Morgan fingerprint density at radius 1 is 0.941 bits per heavy atom. The Bertz CT molecular complexity index is 180. The molecule has 0 radical (unpaired) electrons. The van der Waals surface area contributed by atoms with Crippen LogP contribution in [0.5, 0.6) is 0 Å².